The third-order valence-electron chi connectivity index (χ3n) is 5.13. The van der Waals surface area contributed by atoms with Gasteiger partial charge in [-0.3, -0.25) is 4.79 Å². The van der Waals surface area contributed by atoms with Crippen molar-refractivity contribution >= 4 is 5.91 Å². The molecule has 2 aliphatic heterocycles. The SMILES string of the molecule is O=C1CC(c2ccc(C(F)(F)F)cc2)C2Cc3ccccc3CN12. The van der Waals surface area contributed by atoms with Gasteiger partial charge in [0, 0.05) is 24.9 Å². The molecule has 0 spiro atoms. The Morgan fingerprint density at radius 1 is 0.917 bits per heavy atom. The summed E-state index contributed by atoms with van der Waals surface area (Å²) in [6.45, 7) is 0.594. The largest absolute Gasteiger partial charge is 0.416 e. The lowest BCUT2D eigenvalue weighted by atomic mass is 9.85. The fraction of sp³-hybridized carbons (Fsp3) is 0.316. The van der Waals surface area contributed by atoms with Crippen LogP contribution in [0.15, 0.2) is 48.5 Å². The number of hydrogen-bond acceptors (Lipinski definition) is 1. The van der Waals surface area contributed by atoms with Gasteiger partial charge in [-0.25, -0.2) is 0 Å². The summed E-state index contributed by atoms with van der Waals surface area (Å²) in [4.78, 5) is 14.3. The summed E-state index contributed by atoms with van der Waals surface area (Å²) in [6.07, 6.45) is -3.21. The third kappa shape index (κ3) is 2.48. The number of rotatable bonds is 1. The van der Waals surface area contributed by atoms with E-state index in [-0.39, 0.29) is 17.9 Å². The van der Waals surface area contributed by atoms with Crippen molar-refractivity contribution in [1.29, 1.82) is 0 Å². The molecule has 0 saturated carbocycles. The summed E-state index contributed by atoms with van der Waals surface area (Å²) in [5.41, 5.74) is 2.55. The molecule has 0 aromatic heterocycles. The van der Waals surface area contributed by atoms with Crippen molar-refractivity contribution in [2.75, 3.05) is 0 Å². The Balaban J connectivity index is 1.64. The summed E-state index contributed by atoms with van der Waals surface area (Å²) in [6, 6.07) is 13.3. The van der Waals surface area contributed by atoms with Gasteiger partial charge in [0.2, 0.25) is 5.91 Å². The maximum Gasteiger partial charge on any atom is 0.416 e. The average Bonchev–Trinajstić information content (AvgIpc) is 2.88. The van der Waals surface area contributed by atoms with Crippen LogP contribution in [0.3, 0.4) is 0 Å². The second-order valence-corrected chi connectivity index (χ2v) is 6.49. The Kier molecular flexibility index (Phi) is 3.41. The zero-order chi connectivity index (χ0) is 16.9. The predicted molar refractivity (Wildman–Crippen MR) is 83.3 cm³/mol. The molecule has 0 N–H and O–H groups in total. The quantitative estimate of drug-likeness (QED) is 0.769. The molecule has 2 unspecified atom stereocenters. The molecule has 0 radical (unpaired) electrons. The molecule has 4 rings (SSSR count). The molecule has 24 heavy (non-hydrogen) atoms. The molecule has 1 amide bonds. The number of carbonyl (C=O) groups is 1. The molecule has 2 nitrogen and oxygen atoms in total. The van der Waals surface area contributed by atoms with Crippen molar-refractivity contribution in [1.82, 2.24) is 4.90 Å². The molecule has 5 heteroatoms. The van der Waals surface area contributed by atoms with Gasteiger partial charge in [0.05, 0.1) is 5.56 Å². The summed E-state index contributed by atoms with van der Waals surface area (Å²) in [5.74, 6) is 0.0348. The van der Waals surface area contributed by atoms with Crippen LogP contribution in [0, 0.1) is 0 Å². The van der Waals surface area contributed by atoms with Crippen LogP contribution in [0.25, 0.3) is 0 Å². The molecule has 1 fully saturated rings. The van der Waals surface area contributed by atoms with Gasteiger partial charge in [0.1, 0.15) is 0 Å². The van der Waals surface area contributed by atoms with Gasteiger partial charge >= 0.3 is 6.18 Å². The summed E-state index contributed by atoms with van der Waals surface area (Å²) in [7, 11) is 0. The molecule has 1 saturated heterocycles. The van der Waals surface area contributed by atoms with Crippen LogP contribution in [-0.2, 0) is 23.9 Å². The van der Waals surface area contributed by atoms with Gasteiger partial charge in [0.25, 0.3) is 0 Å². The Morgan fingerprint density at radius 3 is 2.25 bits per heavy atom. The van der Waals surface area contributed by atoms with Crippen LogP contribution in [0.1, 0.15) is 34.6 Å². The maximum atomic E-state index is 12.7. The van der Waals surface area contributed by atoms with Crippen LogP contribution in [0.2, 0.25) is 0 Å². The first-order valence-corrected chi connectivity index (χ1v) is 7.97. The predicted octanol–water partition coefficient (Wildman–Crippen LogP) is 4.15. The molecule has 2 heterocycles. The fourth-order valence-corrected chi connectivity index (χ4v) is 3.88. The zero-order valence-corrected chi connectivity index (χ0v) is 12.9. The van der Waals surface area contributed by atoms with Crippen molar-refractivity contribution in [3.8, 4) is 0 Å². The Labute approximate surface area is 137 Å². The number of halogens is 3. The van der Waals surface area contributed by atoms with E-state index in [2.05, 4.69) is 6.07 Å². The second kappa shape index (κ2) is 5.36. The highest BCUT2D eigenvalue weighted by Crippen LogP contribution is 2.41. The summed E-state index contributed by atoms with van der Waals surface area (Å²) in [5, 5.41) is 0. The van der Waals surface area contributed by atoms with Crippen LogP contribution >= 0.6 is 0 Å². The average molecular weight is 331 g/mol. The first kappa shape index (κ1) is 15.2. The van der Waals surface area contributed by atoms with E-state index >= 15 is 0 Å². The first-order valence-electron chi connectivity index (χ1n) is 7.97. The number of nitrogens with zero attached hydrogens (tertiary/aromatic N) is 1. The molecule has 2 aromatic rings. The second-order valence-electron chi connectivity index (χ2n) is 6.49. The molecule has 2 aromatic carbocycles. The number of carbonyl (C=O) groups excluding carboxylic acids is 1. The van der Waals surface area contributed by atoms with E-state index in [0.717, 1.165) is 29.7 Å². The topological polar surface area (TPSA) is 20.3 Å². The molecular formula is C19H16F3NO. The van der Waals surface area contributed by atoms with Gasteiger partial charge in [-0.05, 0) is 35.2 Å². The van der Waals surface area contributed by atoms with Crippen molar-refractivity contribution in [3.63, 3.8) is 0 Å². The Hall–Kier alpha value is -2.30. The van der Waals surface area contributed by atoms with Gasteiger partial charge in [-0.1, -0.05) is 36.4 Å². The normalized spacial score (nSPS) is 23.1. The lowest BCUT2D eigenvalue weighted by Gasteiger charge is -2.34. The van der Waals surface area contributed by atoms with Crippen LogP contribution in [0.4, 0.5) is 13.2 Å². The number of hydrogen-bond donors (Lipinski definition) is 0. The smallest absolute Gasteiger partial charge is 0.334 e. The van der Waals surface area contributed by atoms with E-state index in [1.807, 2.05) is 23.1 Å². The molecule has 0 bridgehead atoms. The summed E-state index contributed by atoms with van der Waals surface area (Å²) >= 11 is 0. The maximum absolute atomic E-state index is 12.7. The van der Waals surface area contributed by atoms with E-state index in [0.29, 0.717) is 13.0 Å². The van der Waals surface area contributed by atoms with Crippen molar-refractivity contribution in [3.05, 3.63) is 70.8 Å². The van der Waals surface area contributed by atoms with Crippen molar-refractivity contribution in [2.24, 2.45) is 0 Å². The number of benzene rings is 2. The molecule has 0 aliphatic carbocycles. The molecule has 2 aliphatic rings. The third-order valence-corrected chi connectivity index (χ3v) is 5.13. The minimum absolute atomic E-state index is 0.0316. The highest BCUT2D eigenvalue weighted by Gasteiger charge is 2.43. The van der Waals surface area contributed by atoms with Gasteiger partial charge in [-0.15, -0.1) is 0 Å². The molecule has 2 atom stereocenters. The lowest BCUT2D eigenvalue weighted by Crippen LogP contribution is -2.39. The van der Waals surface area contributed by atoms with Crippen molar-refractivity contribution in [2.45, 2.75) is 37.5 Å². The van der Waals surface area contributed by atoms with Gasteiger partial charge < -0.3 is 4.90 Å². The van der Waals surface area contributed by atoms with E-state index in [1.165, 1.54) is 17.7 Å². The van der Waals surface area contributed by atoms with Gasteiger partial charge in [-0.2, -0.15) is 13.2 Å². The minimum Gasteiger partial charge on any atom is -0.334 e. The lowest BCUT2D eigenvalue weighted by molar-refractivity contribution is -0.137. The van der Waals surface area contributed by atoms with Crippen LogP contribution in [-0.4, -0.2) is 16.8 Å². The van der Waals surface area contributed by atoms with Gasteiger partial charge in [0.15, 0.2) is 0 Å². The standard InChI is InChI=1S/C19H16F3NO/c20-19(21,22)15-7-5-12(6-8-15)16-10-18(24)23-11-14-4-2-1-3-13(14)9-17(16)23/h1-8,16-17H,9-11H2. The number of fused-ring (bicyclic) bond motifs is 2. The van der Waals surface area contributed by atoms with Crippen LogP contribution in [0.5, 0.6) is 0 Å². The van der Waals surface area contributed by atoms with E-state index in [1.54, 1.807) is 0 Å². The number of amides is 1. The Morgan fingerprint density at radius 2 is 1.58 bits per heavy atom. The number of alkyl halides is 3. The molecular weight excluding hydrogens is 315 g/mol. The minimum atomic E-state index is -4.33. The first-order chi connectivity index (χ1) is 11.4. The van der Waals surface area contributed by atoms with E-state index in [9.17, 15) is 18.0 Å². The fourth-order valence-electron chi connectivity index (χ4n) is 3.88. The Bertz CT molecular complexity index is 782. The highest BCUT2D eigenvalue weighted by atomic mass is 19.4. The monoisotopic (exact) mass is 331 g/mol. The van der Waals surface area contributed by atoms with E-state index < -0.39 is 11.7 Å². The molecule has 124 valence electrons. The van der Waals surface area contributed by atoms with E-state index in [4.69, 9.17) is 0 Å². The zero-order valence-electron chi connectivity index (χ0n) is 12.9. The highest BCUT2D eigenvalue weighted by molar-refractivity contribution is 5.81. The van der Waals surface area contributed by atoms with Crippen LogP contribution < -0.4 is 0 Å². The summed E-state index contributed by atoms with van der Waals surface area (Å²) < 4.78 is 38.2. The van der Waals surface area contributed by atoms with Crippen molar-refractivity contribution < 1.29 is 18.0 Å².